The van der Waals surface area contributed by atoms with E-state index in [9.17, 15) is 4.79 Å². The van der Waals surface area contributed by atoms with Crippen molar-refractivity contribution in [2.45, 2.75) is 0 Å². The molecular formula is C11H10N4O2. The van der Waals surface area contributed by atoms with E-state index in [0.717, 1.165) is 11.0 Å². The number of carbonyl (C=O) groups is 1. The van der Waals surface area contributed by atoms with Gasteiger partial charge in [0.2, 0.25) is 0 Å². The number of carbonyl (C=O) groups excluding carboxylic acids is 1. The Morgan fingerprint density at radius 3 is 2.94 bits per heavy atom. The highest BCUT2D eigenvalue weighted by atomic mass is 16.5. The monoisotopic (exact) mass is 230 g/mol. The van der Waals surface area contributed by atoms with Crippen LogP contribution in [0, 0.1) is 0 Å². The molecule has 0 aliphatic carbocycles. The zero-order valence-corrected chi connectivity index (χ0v) is 9.12. The van der Waals surface area contributed by atoms with Gasteiger partial charge in [-0.05, 0) is 12.1 Å². The fraction of sp³-hybridized carbons (Fsp3) is 0.0909. The zero-order chi connectivity index (χ0) is 12.1. The van der Waals surface area contributed by atoms with Gasteiger partial charge in [0.05, 0.1) is 30.6 Å². The van der Waals surface area contributed by atoms with Gasteiger partial charge in [-0.3, -0.25) is 4.98 Å². The molecule has 0 spiro atoms. The molecule has 0 aliphatic heterocycles. The number of hydrazone groups is 1. The second-order valence-electron chi connectivity index (χ2n) is 3.15. The Morgan fingerprint density at radius 1 is 1.41 bits per heavy atom. The largest absolute Gasteiger partial charge is 0.452 e. The van der Waals surface area contributed by atoms with Crippen molar-refractivity contribution in [3.63, 3.8) is 0 Å². The summed E-state index contributed by atoms with van der Waals surface area (Å²) in [5, 5.41) is 3.67. The second kappa shape index (κ2) is 5.02. The van der Waals surface area contributed by atoms with Crippen LogP contribution in [0.4, 0.5) is 4.79 Å². The topological polar surface area (TPSA) is 76.5 Å². The van der Waals surface area contributed by atoms with Crippen molar-refractivity contribution in [3.05, 3.63) is 36.2 Å². The molecule has 2 rings (SSSR count). The van der Waals surface area contributed by atoms with E-state index in [-0.39, 0.29) is 0 Å². The summed E-state index contributed by atoms with van der Waals surface area (Å²) in [6, 6.07) is 7.50. The number of aromatic nitrogens is 2. The molecule has 0 aliphatic rings. The van der Waals surface area contributed by atoms with Gasteiger partial charge in [0.25, 0.3) is 0 Å². The third kappa shape index (κ3) is 2.75. The van der Waals surface area contributed by atoms with E-state index < -0.39 is 6.09 Å². The van der Waals surface area contributed by atoms with Gasteiger partial charge in [-0.1, -0.05) is 12.1 Å². The quantitative estimate of drug-likeness (QED) is 0.623. The van der Waals surface area contributed by atoms with Crippen LogP contribution in [-0.2, 0) is 4.74 Å². The normalized spacial score (nSPS) is 10.6. The molecular weight excluding hydrogens is 220 g/mol. The second-order valence-corrected chi connectivity index (χ2v) is 3.15. The number of amides is 1. The van der Waals surface area contributed by atoms with Crippen molar-refractivity contribution in [2.24, 2.45) is 5.10 Å². The summed E-state index contributed by atoms with van der Waals surface area (Å²) in [5.41, 5.74) is 4.31. The third-order valence-electron chi connectivity index (χ3n) is 2.01. The molecule has 0 saturated heterocycles. The highest BCUT2D eigenvalue weighted by molar-refractivity contribution is 5.82. The van der Waals surface area contributed by atoms with Crippen molar-refractivity contribution in [1.82, 2.24) is 15.4 Å². The molecule has 1 amide bonds. The van der Waals surface area contributed by atoms with E-state index in [1.54, 1.807) is 6.20 Å². The van der Waals surface area contributed by atoms with Gasteiger partial charge < -0.3 is 4.74 Å². The summed E-state index contributed by atoms with van der Waals surface area (Å²) in [6.45, 7) is 0. The SMILES string of the molecule is COC(=O)N/N=C\c1cnc2ccccc2n1. The van der Waals surface area contributed by atoms with Crippen LogP contribution >= 0.6 is 0 Å². The molecule has 0 bridgehead atoms. The molecule has 0 atom stereocenters. The highest BCUT2D eigenvalue weighted by Crippen LogP contribution is 2.07. The Labute approximate surface area is 97.3 Å². The van der Waals surface area contributed by atoms with Crippen LogP contribution < -0.4 is 5.43 Å². The molecule has 2 aromatic rings. The van der Waals surface area contributed by atoms with Crippen molar-refractivity contribution in [1.29, 1.82) is 0 Å². The van der Waals surface area contributed by atoms with Gasteiger partial charge in [-0.15, -0.1) is 0 Å². The predicted octanol–water partition coefficient (Wildman–Crippen LogP) is 1.32. The first kappa shape index (κ1) is 11.0. The molecule has 17 heavy (non-hydrogen) atoms. The van der Waals surface area contributed by atoms with Gasteiger partial charge in [-0.25, -0.2) is 15.2 Å². The lowest BCUT2D eigenvalue weighted by atomic mass is 10.3. The third-order valence-corrected chi connectivity index (χ3v) is 2.01. The van der Waals surface area contributed by atoms with Gasteiger partial charge in [0.1, 0.15) is 5.69 Å². The number of fused-ring (bicyclic) bond motifs is 1. The van der Waals surface area contributed by atoms with Crippen molar-refractivity contribution >= 4 is 23.3 Å². The maximum Gasteiger partial charge on any atom is 0.427 e. The van der Waals surface area contributed by atoms with Crippen molar-refractivity contribution in [3.8, 4) is 0 Å². The molecule has 0 unspecified atom stereocenters. The molecule has 0 fully saturated rings. The number of benzene rings is 1. The van der Waals surface area contributed by atoms with Crippen molar-refractivity contribution < 1.29 is 9.53 Å². The molecule has 0 saturated carbocycles. The average Bonchev–Trinajstić information content (AvgIpc) is 2.38. The van der Waals surface area contributed by atoms with Crippen LogP contribution in [-0.4, -0.2) is 29.4 Å². The van der Waals surface area contributed by atoms with Crippen LogP contribution in [0.5, 0.6) is 0 Å². The van der Waals surface area contributed by atoms with Gasteiger partial charge in [0.15, 0.2) is 0 Å². The van der Waals surface area contributed by atoms with Gasteiger partial charge in [0, 0.05) is 0 Å². The first-order valence-corrected chi connectivity index (χ1v) is 4.88. The number of ether oxygens (including phenoxy) is 1. The summed E-state index contributed by atoms with van der Waals surface area (Å²) in [7, 11) is 1.26. The molecule has 6 nitrogen and oxygen atoms in total. The number of hydrogen-bond donors (Lipinski definition) is 1. The Balaban J connectivity index is 2.16. The number of para-hydroxylation sites is 2. The Morgan fingerprint density at radius 2 is 2.18 bits per heavy atom. The molecule has 1 aromatic carbocycles. The van der Waals surface area contributed by atoms with Gasteiger partial charge in [-0.2, -0.15) is 5.10 Å². The Hall–Kier alpha value is -2.50. The van der Waals surface area contributed by atoms with Crippen LogP contribution in [0.2, 0.25) is 0 Å². The van der Waals surface area contributed by atoms with Gasteiger partial charge >= 0.3 is 6.09 Å². The predicted molar refractivity (Wildman–Crippen MR) is 62.7 cm³/mol. The summed E-state index contributed by atoms with van der Waals surface area (Å²) < 4.78 is 4.36. The summed E-state index contributed by atoms with van der Waals surface area (Å²) in [4.78, 5) is 19.2. The lowest BCUT2D eigenvalue weighted by Crippen LogP contribution is -2.16. The van der Waals surface area contributed by atoms with E-state index >= 15 is 0 Å². The van der Waals surface area contributed by atoms with Crippen LogP contribution in [0.15, 0.2) is 35.6 Å². The molecule has 1 heterocycles. The average molecular weight is 230 g/mol. The molecule has 6 heteroatoms. The first-order valence-electron chi connectivity index (χ1n) is 4.88. The minimum Gasteiger partial charge on any atom is -0.452 e. The van der Waals surface area contributed by atoms with Crippen LogP contribution in [0.3, 0.4) is 0 Å². The highest BCUT2D eigenvalue weighted by Gasteiger charge is 1.97. The minimum absolute atomic E-state index is 0.556. The Kier molecular flexibility index (Phi) is 3.25. The van der Waals surface area contributed by atoms with E-state index in [1.165, 1.54) is 13.3 Å². The summed E-state index contributed by atoms with van der Waals surface area (Å²) in [5.74, 6) is 0. The van der Waals surface area contributed by atoms with E-state index in [0.29, 0.717) is 5.69 Å². The fourth-order valence-corrected chi connectivity index (χ4v) is 1.23. The number of hydrogen-bond acceptors (Lipinski definition) is 5. The number of methoxy groups -OCH3 is 1. The molecule has 1 N–H and O–H groups in total. The molecule has 0 radical (unpaired) electrons. The number of nitrogens with one attached hydrogen (secondary N) is 1. The minimum atomic E-state index is -0.630. The lowest BCUT2D eigenvalue weighted by Gasteiger charge is -1.97. The lowest BCUT2D eigenvalue weighted by molar-refractivity contribution is 0.171. The fourth-order valence-electron chi connectivity index (χ4n) is 1.23. The molecule has 1 aromatic heterocycles. The van der Waals surface area contributed by atoms with E-state index in [4.69, 9.17) is 0 Å². The Bertz CT molecular complexity index is 568. The van der Waals surface area contributed by atoms with Crippen LogP contribution in [0.1, 0.15) is 5.69 Å². The summed E-state index contributed by atoms with van der Waals surface area (Å²) >= 11 is 0. The van der Waals surface area contributed by atoms with E-state index in [1.807, 2.05) is 24.3 Å². The van der Waals surface area contributed by atoms with Crippen molar-refractivity contribution in [2.75, 3.05) is 7.11 Å². The number of nitrogens with zero attached hydrogens (tertiary/aromatic N) is 3. The van der Waals surface area contributed by atoms with E-state index in [2.05, 4.69) is 25.2 Å². The smallest absolute Gasteiger partial charge is 0.427 e. The molecule has 86 valence electrons. The zero-order valence-electron chi connectivity index (χ0n) is 9.12. The summed E-state index contributed by atoms with van der Waals surface area (Å²) in [6.07, 6.45) is 2.34. The number of rotatable bonds is 2. The maximum atomic E-state index is 10.7. The standard InChI is InChI=1S/C11H10N4O2/c1-17-11(16)15-13-7-8-6-12-9-4-2-3-5-10(9)14-8/h2-7H,1H3,(H,15,16)/b13-7-. The van der Waals surface area contributed by atoms with Crippen LogP contribution in [0.25, 0.3) is 11.0 Å². The maximum absolute atomic E-state index is 10.7. The first-order chi connectivity index (χ1) is 8.29.